The maximum absolute atomic E-state index is 12.0. The van der Waals surface area contributed by atoms with Gasteiger partial charge in [0, 0.05) is 31.3 Å². The van der Waals surface area contributed by atoms with Gasteiger partial charge in [-0.05, 0) is 43.2 Å². The SMILES string of the molecule is CCNC(=O)Nc1nc2cc(-c3c[nH]c(=O)c(CCOCC)c3)ccc2s1. The van der Waals surface area contributed by atoms with Gasteiger partial charge in [-0.2, -0.15) is 0 Å². The first kappa shape index (κ1) is 19.1. The van der Waals surface area contributed by atoms with Gasteiger partial charge in [-0.1, -0.05) is 17.4 Å². The second kappa shape index (κ2) is 8.79. The van der Waals surface area contributed by atoms with Crippen LogP contribution in [0.2, 0.25) is 0 Å². The molecule has 2 aromatic heterocycles. The topological polar surface area (TPSA) is 96.1 Å². The molecule has 3 aromatic rings. The number of thiazole rings is 1. The van der Waals surface area contributed by atoms with Gasteiger partial charge in [-0.25, -0.2) is 9.78 Å². The fourth-order valence-electron chi connectivity index (χ4n) is 2.67. The first-order valence-electron chi connectivity index (χ1n) is 8.86. The molecule has 0 unspecified atom stereocenters. The van der Waals surface area contributed by atoms with E-state index in [4.69, 9.17) is 4.74 Å². The summed E-state index contributed by atoms with van der Waals surface area (Å²) in [6.45, 7) is 5.49. The third-order valence-corrected chi connectivity index (χ3v) is 4.93. The molecule has 3 rings (SSSR count). The fourth-order valence-corrected chi connectivity index (χ4v) is 3.51. The number of H-pyrrole nitrogens is 1. The molecule has 0 aliphatic rings. The lowest BCUT2D eigenvalue weighted by Gasteiger charge is -2.05. The van der Waals surface area contributed by atoms with Gasteiger partial charge in [-0.15, -0.1) is 0 Å². The molecule has 2 heterocycles. The van der Waals surface area contributed by atoms with Crippen molar-refractivity contribution in [2.24, 2.45) is 0 Å². The molecule has 3 N–H and O–H groups in total. The van der Waals surface area contributed by atoms with Crippen molar-refractivity contribution >= 4 is 32.7 Å². The number of rotatable bonds is 7. The highest BCUT2D eigenvalue weighted by molar-refractivity contribution is 7.22. The van der Waals surface area contributed by atoms with E-state index in [2.05, 4.69) is 20.6 Å². The number of benzene rings is 1. The van der Waals surface area contributed by atoms with Gasteiger partial charge in [0.15, 0.2) is 5.13 Å². The van der Waals surface area contributed by atoms with Gasteiger partial charge in [-0.3, -0.25) is 10.1 Å². The Balaban J connectivity index is 1.85. The third kappa shape index (κ3) is 4.72. The van der Waals surface area contributed by atoms with Crippen molar-refractivity contribution in [1.29, 1.82) is 0 Å². The minimum atomic E-state index is -0.267. The molecule has 0 atom stereocenters. The normalized spacial score (nSPS) is 10.9. The largest absolute Gasteiger partial charge is 0.381 e. The van der Waals surface area contributed by atoms with Crippen LogP contribution < -0.4 is 16.2 Å². The number of urea groups is 1. The van der Waals surface area contributed by atoms with E-state index in [0.29, 0.717) is 36.9 Å². The molecule has 8 heteroatoms. The Hall–Kier alpha value is -2.71. The summed E-state index contributed by atoms with van der Waals surface area (Å²) in [5, 5.41) is 5.96. The van der Waals surface area contributed by atoms with Crippen LogP contribution in [0.3, 0.4) is 0 Å². The average Bonchev–Trinajstić information content (AvgIpc) is 3.04. The van der Waals surface area contributed by atoms with Gasteiger partial charge >= 0.3 is 6.03 Å². The van der Waals surface area contributed by atoms with Gasteiger partial charge in [0.05, 0.1) is 16.8 Å². The number of amides is 2. The zero-order valence-electron chi connectivity index (χ0n) is 15.3. The minimum Gasteiger partial charge on any atom is -0.381 e. The molecule has 0 saturated carbocycles. The van der Waals surface area contributed by atoms with Crippen molar-refractivity contribution in [3.63, 3.8) is 0 Å². The van der Waals surface area contributed by atoms with Crippen LogP contribution in [0.25, 0.3) is 21.3 Å². The van der Waals surface area contributed by atoms with Crippen LogP contribution in [-0.4, -0.2) is 35.8 Å². The van der Waals surface area contributed by atoms with Crippen LogP contribution in [0.15, 0.2) is 35.3 Å². The Kier molecular flexibility index (Phi) is 6.20. The maximum Gasteiger partial charge on any atom is 0.321 e. The first-order chi connectivity index (χ1) is 13.1. The Morgan fingerprint density at radius 1 is 1.26 bits per heavy atom. The molecular formula is C19H22N4O3S. The second-order valence-corrected chi connectivity index (χ2v) is 6.91. The van der Waals surface area contributed by atoms with Crippen molar-refractivity contribution in [2.75, 3.05) is 25.1 Å². The predicted molar refractivity (Wildman–Crippen MR) is 109 cm³/mol. The van der Waals surface area contributed by atoms with Crippen LogP contribution in [-0.2, 0) is 11.2 Å². The third-order valence-electron chi connectivity index (χ3n) is 3.98. The summed E-state index contributed by atoms with van der Waals surface area (Å²) in [6, 6.07) is 7.52. The molecule has 0 fully saturated rings. The molecule has 0 aliphatic carbocycles. The minimum absolute atomic E-state index is 0.0957. The van der Waals surface area contributed by atoms with Crippen molar-refractivity contribution < 1.29 is 9.53 Å². The van der Waals surface area contributed by atoms with Crippen LogP contribution in [0, 0.1) is 0 Å². The summed E-state index contributed by atoms with van der Waals surface area (Å²) in [6.07, 6.45) is 2.27. The second-order valence-electron chi connectivity index (χ2n) is 5.88. The quantitative estimate of drug-likeness (QED) is 0.543. The van der Waals surface area contributed by atoms with Crippen LogP contribution in [0.5, 0.6) is 0 Å². The van der Waals surface area contributed by atoms with E-state index in [1.165, 1.54) is 11.3 Å². The number of nitrogens with one attached hydrogen (secondary N) is 3. The number of nitrogens with zero attached hydrogens (tertiary/aromatic N) is 1. The molecule has 0 radical (unpaired) electrons. The highest BCUT2D eigenvalue weighted by Gasteiger charge is 2.10. The molecule has 2 amide bonds. The monoisotopic (exact) mass is 386 g/mol. The molecule has 27 heavy (non-hydrogen) atoms. The van der Waals surface area contributed by atoms with E-state index in [9.17, 15) is 9.59 Å². The number of anilines is 1. The molecule has 7 nitrogen and oxygen atoms in total. The Bertz CT molecular complexity index is 996. The Morgan fingerprint density at radius 2 is 2.11 bits per heavy atom. The predicted octanol–water partition coefficient (Wildman–Crippen LogP) is 3.37. The number of ether oxygens (including phenoxy) is 1. The number of hydrogen-bond acceptors (Lipinski definition) is 5. The summed E-state index contributed by atoms with van der Waals surface area (Å²) >= 11 is 1.42. The van der Waals surface area contributed by atoms with Crippen molar-refractivity contribution in [3.05, 3.63) is 46.4 Å². The lowest BCUT2D eigenvalue weighted by molar-refractivity contribution is 0.150. The Morgan fingerprint density at radius 3 is 2.89 bits per heavy atom. The summed E-state index contributed by atoms with van der Waals surface area (Å²) < 4.78 is 6.32. The maximum atomic E-state index is 12.0. The highest BCUT2D eigenvalue weighted by atomic mass is 32.1. The molecule has 0 saturated heterocycles. The van der Waals surface area contributed by atoms with Crippen LogP contribution in [0.1, 0.15) is 19.4 Å². The van der Waals surface area contributed by atoms with E-state index in [-0.39, 0.29) is 11.6 Å². The highest BCUT2D eigenvalue weighted by Crippen LogP contribution is 2.30. The number of carbonyl (C=O) groups is 1. The first-order valence-corrected chi connectivity index (χ1v) is 9.67. The van der Waals surface area contributed by atoms with Gasteiger partial charge in [0.1, 0.15) is 0 Å². The fraction of sp³-hybridized carbons (Fsp3) is 0.316. The van der Waals surface area contributed by atoms with E-state index < -0.39 is 0 Å². The van der Waals surface area contributed by atoms with Crippen molar-refractivity contribution in [2.45, 2.75) is 20.3 Å². The van der Waals surface area contributed by atoms with Crippen LogP contribution in [0.4, 0.5) is 9.93 Å². The lowest BCUT2D eigenvalue weighted by atomic mass is 10.0. The summed E-state index contributed by atoms with van der Waals surface area (Å²) in [5.74, 6) is 0. The molecule has 0 spiro atoms. The van der Waals surface area contributed by atoms with E-state index in [0.717, 1.165) is 21.3 Å². The summed E-state index contributed by atoms with van der Waals surface area (Å²) in [5.41, 5.74) is 3.26. The molecule has 0 aliphatic heterocycles. The van der Waals surface area contributed by atoms with Crippen LogP contribution >= 0.6 is 11.3 Å². The zero-order valence-corrected chi connectivity index (χ0v) is 16.1. The number of pyridine rings is 1. The van der Waals surface area contributed by atoms with Gasteiger partial charge < -0.3 is 15.0 Å². The summed E-state index contributed by atoms with van der Waals surface area (Å²) in [4.78, 5) is 30.9. The average molecular weight is 386 g/mol. The molecule has 1 aromatic carbocycles. The standard InChI is InChI=1S/C19H22N4O3S/c1-3-20-18(25)23-19-22-15-10-12(5-6-16(15)27-19)14-9-13(7-8-26-4-2)17(24)21-11-14/h5-6,9-11H,3-4,7-8H2,1-2H3,(H,21,24)(H2,20,22,23,25). The van der Waals surface area contributed by atoms with E-state index in [1.807, 2.05) is 38.1 Å². The van der Waals surface area contributed by atoms with E-state index in [1.54, 1.807) is 6.20 Å². The molecule has 0 bridgehead atoms. The number of hydrogen-bond donors (Lipinski definition) is 3. The lowest BCUT2D eigenvalue weighted by Crippen LogP contribution is -2.28. The molecular weight excluding hydrogens is 364 g/mol. The summed E-state index contributed by atoms with van der Waals surface area (Å²) in [7, 11) is 0. The Labute approximate surface area is 160 Å². The van der Waals surface area contributed by atoms with Crippen molar-refractivity contribution in [1.82, 2.24) is 15.3 Å². The number of aromatic amines is 1. The van der Waals surface area contributed by atoms with E-state index >= 15 is 0 Å². The number of fused-ring (bicyclic) bond motifs is 1. The van der Waals surface area contributed by atoms with Gasteiger partial charge in [0.2, 0.25) is 0 Å². The zero-order chi connectivity index (χ0) is 19.2. The number of carbonyl (C=O) groups excluding carboxylic acids is 1. The number of aromatic nitrogens is 2. The van der Waals surface area contributed by atoms with Crippen molar-refractivity contribution in [3.8, 4) is 11.1 Å². The smallest absolute Gasteiger partial charge is 0.321 e. The van der Waals surface area contributed by atoms with Gasteiger partial charge in [0.25, 0.3) is 5.56 Å². The molecule has 142 valence electrons.